The minimum absolute atomic E-state index is 0.102. The zero-order valence-electron chi connectivity index (χ0n) is 15.6. The third-order valence-corrected chi connectivity index (χ3v) is 4.76. The predicted molar refractivity (Wildman–Crippen MR) is 110 cm³/mol. The van der Waals surface area contributed by atoms with Crippen LogP contribution in [0.5, 0.6) is 11.5 Å². The van der Waals surface area contributed by atoms with E-state index >= 15 is 0 Å². The maximum absolute atomic E-state index is 12.3. The molecule has 2 rings (SSSR count). The number of hydrogen-bond acceptors (Lipinski definition) is 3. The lowest BCUT2D eigenvalue weighted by molar-refractivity contribution is -0.118. The SMILES string of the molecule is COc1cc(Cl)c(C)cc1NC(=O)COc1ccc(Br)cc1C(C)(C)C. The summed E-state index contributed by atoms with van der Waals surface area (Å²) in [7, 11) is 1.53. The van der Waals surface area contributed by atoms with Gasteiger partial charge < -0.3 is 14.8 Å². The summed E-state index contributed by atoms with van der Waals surface area (Å²) in [5, 5.41) is 3.40. The Morgan fingerprint density at radius 1 is 1.19 bits per heavy atom. The highest BCUT2D eigenvalue weighted by Gasteiger charge is 2.20. The first kappa shape index (κ1) is 20.6. The average molecular weight is 441 g/mol. The summed E-state index contributed by atoms with van der Waals surface area (Å²) < 4.78 is 12.0. The maximum atomic E-state index is 12.3. The smallest absolute Gasteiger partial charge is 0.262 e. The van der Waals surface area contributed by atoms with Crippen LogP contribution in [0, 0.1) is 6.92 Å². The van der Waals surface area contributed by atoms with Crippen LogP contribution >= 0.6 is 27.5 Å². The van der Waals surface area contributed by atoms with Crippen LogP contribution in [0.3, 0.4) is 0 Å². The van der Waals surface area contributed by atoms with Crippen molar-refractivity contribution in [3.8, 4) is 11.5 Å². The number of carbonyl (C=O) groups is 1. The Kier molecular flexibility index (Phi) is 6.58. The second-order valence-corrected chi connectivity index (χ2v) is 8.35. The van der Waals surface area contributed by atoms with Crippen LogP contribution in [-0.2, 0) is 10.2 Å². The topological polar surface area (TPSA) is 47.6 Å². The monoisotopic (exact) mass is 439 g/mol. The van der Waals surface area contributed by atoms with Gasteiger partial charge in [-0.1, -0.05) is 48.3 Å². The quantitative estimate of drug-likeness (QED) is 0.645. The first-order valence-electron chi connectivity index (χ1n) is 8.18. The van der Waals surface area contributed by atoms with Crippen molar-refractivity contribution in [2.24, 2.45) is 0 Å². The number of amides is 1. The molecule has 0 unspecified atom stereocenters. The standard InChI is InChI=1S/C20H23BrClNO3/c1-12-8-16(18(25-5)10-15(12)22)23-19(24)11-26-17-7-6-13(21)9-14(17)20(2,3)4/h6-10H,11H2,1-5H3,(H,23,24). The molecule has 0 saturated carbocycles. The van der Waals surface area contributed by atoms with Crippen LogP contribution < -0.4 is 14.8 Å². The summed E-state index contributed by atoms with van der Waals surface area (Å²) in [6.07, 6.45) is 0. The van der Waals surface area contributed by atoms with Gasteiger partial charge in [0.05, 0.1) is 12.8 Å². The van der Waals surface area contributed by atoms with Crippen LogP contribution in [0.1, 0.15) is 31.9 Å². The minimum Gasteiger partial charge on any atom is -0.495 e. The van der Waals surface area contributed by atoms with Crippen LogP contribution in [-0.4, -0.2) is 19.6 Å². The highest BCUT2D eigenvalue weighted by Crippen LogP contribution is 2.34. The summed E-state index contributed by atoms with van der Waals surface area (Å²) in [5.74, 6) is 0.927. The highest BCUT2D eigenvalue weighted by molar-refractivity contribution is 9.10. The number of halogens is 2. The molecule has 1 amide bonds. The largest absolute Gasteiger partial charge is 0.495 e. The molecular weight excluding hydrogens is 418 g/mol. The molecule has 4 nitrogen and oxygen atoms in total. The summed E-state index contributed by atoms with van der Waals surface area (Å²) in [6, 6.07) is 9.23. The van der Waals surface area contributed by atoms with E-state index in [1.807, 2.05) is 25.1 Å². The number of carbonyl (C=O) groups excluding carboxylic acids is 1. The van der Waals surface area contributed by atoms with Crippen molar-refractivity contribution in [2.75, 3.05) is 19.0 Å². The van der Waals surface area contributed by atoms with E-state index in [-0.39, 0.29) is 17.9 Å². The van der Waals surface area contributed by atoms with Gasteiger partial charge in [-0.15, -0.1) is 0 Å². The first-order valence-corrected chi connectivity index (χ1v) is 9.35. The summed E-state index contributed by atoms with van der Waals surface area (Å²) in [6.45, 7) is 8.07. The van der Waals surface area contributed by atoms with Gasteiger partial charge in [0.25, 0.3) is 5.91 Å². The van der Waals surface area contributed by atoms with Gasteiger partial charge in [0.15, 0.2) is 6.61 Å². The van der Waals surface area contributed by atoms with E-state index in [1.165, 1.54) is 7.11 Å². The Bertz CT molecular complexity index is 815. The predicted octanol–water partition coefficient (Wildman–Crippen LogP) is 5.73. The van der Waals surface area contributed by atoms with E-state index in [0.717, 1.165) is 15.6 Å². The molecule has 0 aromatic heterocycles. The molecule has 26 heavy (non-hydrogen) atoms. The Labute approximate surface area is 168 Å². The van der Waals surface area contributed by atoms with Gasteiger partial charge >= 0.3 is 0 Å². The molecule has 0 atom stereocenters. The molecule has 140 valence electrons. The van der Waals surface area contributed by atoms with Crippen molar-refractivity contribution in [3.63, 3.8) is 0 Å². The highest BCUT2D eigenvalue weighted by atomic mass is 79.9. The Balaban J connectivity index is 2.12. The minimum atomic E-state index is -0.271. The van der Waals surface area contributed by atoms with Gasteiger partial charge in [0.2, 0.25) is 0 Å². The third kappa shape index (κ3) is 5.15. The zero-order valence-corrected chi connectivity index (χ0v) is 17.9. The maximum Gasteiger partial charge on any atom is 0.262 e. The lowest BCUT2D eigenvalue weighted by atomic mass is 9.86. The molecule has 0 saturated heterocycles. The number of benzene rings is 2. The molecular formula is C20H23BrClNO3. The normalized spacial score (nSPS) is 11.2. The molecule has 6 heteroatoms. The van der Waals surface area contributed by atoms with E-state index in [4.69, 9.17) is 21.1 Å². The third-order valence-electron chi connectivity index (χ3n) is 3.86. The summed E-state index contributed by atoms with van der Waals surface area (Å²) in [5.41, 5.74) is 2.34. The summed E-state index contributed by atoms with van der Waals surface area (Å²) >= 11 is 9.58. The van der Waals surface area contributed by atoms with Gasteiger partial charge in [-0.3, -0.25) is 4.79 Å². The van der Waals surface area contributed by atoms with Crippen LogP contribution in [0.15, 0.2) is 34.8 Å². The molecule has 2 aromatic rings. The van der Waals surface area contributed by atoms with Crippen molar-refractivity contribution in [3.05, 3.63) is 51.0 Å². The number of aryl methyl sites for hydroxylation is 1. The van der Waals surface area contributed by atoms with Crippen molar-refractivity contribution in [2.45, 2.75) is 33.1 Å². The van der Waals surface area contributed by atoms with Gasteiger partial charge in [-0.25, -0.2) is 0 Å². The lowest BCUT2D eigenvalue weighted by Gasteiger charge is -2.23. The molecule has 0 aliphatic heterocycles. The van der Waals surface area contributed by atoms with E-state index in [9.17, 15) is 4.79 Å². The number of anilines is 1. The molecule has 0 fully saturated rings. The van der Waals surface area contributed by atoms with Gasteiger partial charge in [0, 0.05) is 21.1 Å². The molecule has 2 aromatic carbocycles. The second kappa shape index (κ2) is 8.31. The van der Waals surface area contributed by atoms with Crippen molar-refractivity contribution in [1.29, 1.82) is 0 Å². The van der Waals surface area contributed by atoms with Crippen molar-refractivity contribution < 1.29 is 14.3 Å². The van der Waals surface area contributed by atoms with E-state index in [1.54, 1.807) is 12.1 Å². The van der Waals surface area contributed by atoms with E-state index in [2.05, 4.69) is 42.0 Å². The summed E-state index contributed by atoms with van der Waals surface area (Å²) in [4.78, 5) is 12.3. The number of nitrogens with one attached hydrogen (secondary N) is 1. The molecule has 0 spiro atoms. The van der Waals surface area contributed by atoms with Gasteiger partial charge in [-0.2, -0.15) is 0 Å². The lowest BCUT2D eigenvalue weighted by Crippen LogP contribution is -2.22. The van der Waals surface area contributed by atoms with Crippen LogP contribution in [0.4, 0.5) is 5.69 Å². The fourth-order valence-corrected chi connectivity index (χ4v) is 2.99. The number of methoxy groups -OCH3 is 1. The first-order chi connectivity index (χ1) is 12.1. The van der Waals surface area contributed by atoms with Crippen LogP contribution in [0.25, 0.3) is 0 Å². The zero-order chi connectivity index (χ0) is 19.5. The molecule has 0 radical (unpaired) electrons. The van der Waals surface area contributed by atoms with Crippen LogP contribution in [0.2, 0.25) is 5.02 Å². The molecule has 0 bridgehead atoms. The Morgan fingerprint density at radius 2 is 1.88 bits per heavy atom. The second-order valence-electron chi connectivity index (χ2n) is 7.03. The fraction of sp³-hybridized carbons (Fsp3) is 0.350. The Morgan fingerprint density at radius 3 is 2.50 bits per heavy atom. The molecule has 1 N–H and O–H groups in total. The number of ether oxygens (including phenoxy) is 2. The number of hydrogen-bond donors (Lipinski definition) is 1. The van der Waals surface area contributed by atoms with E-state index < -0.39 is 0 Å². The Hall–Kier alpha value is -1.72. The number of rotatable bonds is 5. The fourth-order valence-electron chi connectivity index (χ4n) is 2.47. The van der Waals surface area contributed by atoms with Crippen molar-refractivity contribution in [1.82, 2.24) is 0 Å². The molecule has 0 aliphatic carbocycles. The molecule has 0 aliphatic rings. The van der Waals surface area contributed by atoms with Gasteiger partial charge in [-0.05, 0) is 42.2 Å². The molecule has 0 heterocycles. The average Bonchev–Trinajstić information content (AvgIpc) is 2.56. The van der Waals surface area contributed by atoms with Gasteiger partial charge in [0.1, 0.15) is 11.5 Å². The van der Waals surface area contributed by atoms with Crippen molar-refractivity contribution >= 4 is 39.1 Å². The van der Waals surface area contributed by atoms with E-state index in [0.29, 0.717) is 22.2 Å².